The van der Waals surface area contributed by atoms with Crippen LogP contribution in [0.5, 0.6) is 0 Å². The maximum Gasteiger partial charge on any atom is 0.279 e. The quantitative estimate of drug-likeness (QED) is 0.496. The summed E-state index contributed by atoms with van der Waals surface area (Å²) in [5, 5.41) is 7.09. The zero-order valence-electron chi connectivity index (χ0n) is 15.7. The van der Waals surface area contributed by atoms with E-state index < -0.39 is 12.1 Å². The van der Waals surface area contributed by atoms with Crippen molar-refractivity contribution < 1.29 is 13.5 Å². The van der Waals surface area contributed by atoms with Gasteiger partial charge in [0.05, 0.1) is 36.5 Å². The number of rotatable bonds is 6. The zero-order chi connectivity index (χ0) is 20.4. The van der Waals surface area contributed by atoms with Gasteiger partial charge in [-0.2, -0.15) is 0 Å². The van der Waals surface area contributed by atoms with Gasteiger partial charge in [-0.1, -0.05) is 11.9 Å². The van der Waals surface area contributed by atoms with Gasteiger partial charge in [0, 0.05) is 19.2 Å². The van der Waals surface area contributed by atoms with E-state index in [0.717, 1.165) is 25.0 Å². The molecule has 3 rings (SSSR count). The van der Waals surface area contributed by atoms with Crippen LogP contribution in [-0.2, 0) is 4.74 Å². The summed E-state index contributed by atoms with van der Waals surface area (Å²) in [6.45, 7) is 2.86. The third kappa shape index (κ3) is 6.66. The maximum absolute atomic E-state index is 12.3. The fourth-order valence-corrected chi connectivity index (χ4v) is 2.25. The van der Waals surface area contributed by atoms with Crippen molar-refractivity contribution in [2.45, 2.75) is 6.43 Å². The highest BCUT2D eigenvalue weighted by atomic mass is 32.2. The molecule has 3 heterocycles. The highest BCUT2D eigenvalue weighted by Gasteiger charge is 2.14. The van der Waals surface area contributed by atoms with Crippen molar-refractivity contribution >= 4 is 29.6 Å². The lowest BCUT2D eigenvalue weighted by Gasteiger charge is -2.27. The molecular formula is C17H23F2N7OS. The Morgan fingerprint density at radius 1 is 1.36 bits per heavy atom. The van der Waals surface area contributed by atoms with E-state index in [1.807, 2.05) is 19.4 Å². The average molecular weight is 411 g/mol. The van der Waals surface area contributed by atoms with E-state index in [1.165, 1.54) is 12.4 Å². The maximum atomic E-state index is 12.3. The topological polar surface area (TPSA) is 103 Å². The molecule has 28 heavy (non-hydrogen) atoms. The van der Waals surface area contributed by atoms with Gasteiger partial charge in [0.1, 0.15) is 18.0 Å². The van der Waals surface area contributed by atoms with E-state index in [1.54, 1.807) is 18.1 Å². The molecule has 0 amide bonds. The lowest BCUT2D eigenvalue weighted by Crippen LogP contribution is -2.36. The van der Waals surface area contributed by atoms with Gasteiger partial charge in [-0.15, -0.1) is 0 Å². The first kappa shape index (κ1) is 21.9. The lowest BCUT2D eigenvalue weighted by molar-refractivity contribution is 0.122. The second-order valence-corrected chi connectivity index (χ2v) is 6.36. The van der Waals surface area contributed by atoms with Crippen molar-refractivity contribution in [1.29, 1.82) is 5.41 Å². The van der Waals surface area contributed by atoms with Gasteiger partial charge < -0.3 is 14.6 Å². The van der Waals surface area contributed by atoms with E-state index in [4.69, 9.17) is 10.1 Å². The standard InChI is InChI=1S/C15H16F2N6O.C2H7NS/c16-15(17)10(18)1-2-13-19-8-12(22-13)11-7-14(21-9-20-11)23-3-5-24-6-4-23;1-3-4-2/h1-2,7-9,15,18H,3-6H2,(H,19,22);3H,1-2H3/b2-1-,18-10?;. The third-order valence-corrected chi connectivity index (χ3v) is 4.13. The van der Waals surface area contributed by atoms with Crippen LogP contribution >= 0.6 is 11.9 Å². The minimum absolute atomic E-state index is 0.377. The highest BCUT2D eigenvalue weighted by molar-refractivity contribution is 7.96. The van der Waals surface area contributed by atoms with Crippen LogP contribution < -0.4 is 9.62 Å². The fourth-order valence-electron chi connectivity index (χ4n) is 2.25. The van der Waals surface area contributed by atoms with Gasteiger partial charge in [0.15, 0.2) is 0 Å². The Bertz CT molecular complexity index is 776. The van der Waals surface area contributed by atoms with Crippen LogP contribution in [0.1, 0.15) is 5.82 Å². The molecule has 11 heteroatoms. The van der Waals surface area contributed by atoms with E-state index >= 15 is 0 Å². The van der Waals surface area contributed by atoms with E-state index in [2.05, 4.69) is 29.6 Å². The number of H-pyrrole nitrogens is 1. The van der Waals surface area contributed by atoms with Gasteiger partial charge in [-0.25, -0.2) is 23.7 Å². The summed E-state index contributed by atoms with van der Waals surface area (Å²) in [7, 11) is 1.89. The van der Waals surface area contributed by atoms with Crippen molar-refractivity contribution in [3.05, 3.63) is 30.5 Å². The van der Waals surface area contributed by atoms with Crippen molar-refractivity contribution in [3.8, 4) is 11.4 Å². The summed E-state index contributed by atoms with van der Waals surface area (Å²) in [5.74, 6) is 1.18. The molecular weight excluding hydrogens is 388 g/mol. The van der Waals surface area contributed by atoms with Crippen LogP contribution in [0.2, 0.25) is 0 Å². The predicted octanol–water partition coefficient (Wildman–Crippen LogP) is 2.49. The number of aromatic amines is 1. The Labute approximate surface area is 166 Å². The van der Waals surface area contributed by atoms with Crippen LogP contribution in [0.4, 0.5) is 14.6 Å². The number of nitrogens with zero attached hydrogens (tertiary/aromatic N) is 4. The Hall–Kier alpha value is -2.37. The minimum Gasteiger partial charge on any atom is -0.378 e. The number of morpholine rings is 1. The number of alkyl halides is 2. The molecule has 1 aliphatic heterocycles. The number of ether oxygens (including phenoxy) is 1. The third-order valence-electron chi connectivity index (χ3n) is 3.72. The number of hydrogen-bond acceptors (Lipinski definition) is 8. The SMILES string of the molecule is CNSC.N=C(/C=C\c1ncc(-c2cc(N3CCOCC3)ncn2)[nH]1)C(F)F. The first-order valence-corrected chi connectivity index (χ1v) is 9.72. The normalized spacial score (nSPS) is 14.2. The number of aromatic nitrogens is 4. The number of halogens is 2. The summed E-state index contributed by atoms with van der Waals surface area (Å²) in [4.78, 5) is 17.7. The molecule has 0 aromatic carbocycles. The van der Waals surface area contributed by atoms with Gasteiger partial charge >= 0.3 is 0 Å². The monoisotopic (exact) mass is 411 g/mol. The second kappa shape index (κ2) is 11.5. The summed E-state index contributed by atoms with van der Waals surface area (Å²) < 4.78 is 32.7. The number of nitrogens with one attached hydrogen (secondary N) is 3. The summed E-state index contributed by atoms with van der Waals surface area (Å²) in [6.07, 6.45) is 4.59. The molecule has 2 aromatic rings. The predicted molar refractivity (Wildman–Crippen MR) is 108 cm³/mol. The molecule has 0 spiro atoms. The summed E-state index contributed by atoms with van der Waals surface area (Å²) >= 11 is 1.61. The Balaban J connectivity index is 0.000000640. The highest BCUT2D eigenvalue weighted by Crippen LogP contribution is 2.20. The molecule has 2 aromatic heterocycles. The molecule has 1 fully saturated rings. The number of allylic oxidation sites excluding steroid dienone is 1. The van der Waals surface area contributed by atoms with Crippen LogP contribution in [-0.4, -0.2) is 71.7 Å². The smallest absolute Gasteiger partial charge is 0.279 e. The first-order chi connectivity index (χ1) is 13.5. The van der Waals surface area contributed by atoms with Crippen molar-refractivity contribution in [3.63, 3.8) is 0 Å². The second-order valence-electron chi connectivity index (χ2n) is 5.54. The van der Waals surface area contributed by atoms with Gasteiger partial charge in [0.2, 0.25) is 0 Å². The van der Waals surface area contributed by atoms with Gasteiger partial charge in [-0.05, 0) is 25.5 Å². The van der Waals surface area contributed by atoms with Crippen LogP contribution in [0.15, 0.2) is 24.7 Å². The molecule has 0 aliphatic carbocycles. The Morgan fingerprint density at radius 2 is 2.07 bits per heavy atom. The van der Waals surface area contributed by atoms with Crippen molar-refractivity contribution in [2.24, 2.45) is 0 Å². The van der Waals surface area contributed by atoms with Crippen molar-refractivity contribution in [2.75, 3.05) is 44.5 Å². The van der Waals surface area contributed by atoms with E-state index in [9.17, 15) is 8.78 Å². The molecule has 3 N–H and O–H groups in total. The molecule has 0 radical (unpaired) electrons. The molecule has 0 bridgehead atoms. The average Bonchev–Trinajstić information content (AvgIpc) is 3.22. The number of imidazole rings is 1. The first-order valence-electron chi connectivity index (χ1n) is 8.49. The van der Waals surface area contributed by atoms with Crippen LogP contribution in [0.3, 0.4) is 0 Å². The molecule has 152 valence electrons. The van der Waals surface area contributed by atoms with E-state index in [0.29, 0.717) is 30.4 Å². The minimum atomic E-state index is -2.80. The van der Waals surface area contributed by atoms with E-state index in [-0.39, 0.29) is 0 Å². The van der Waals surface area contributed by atoms with Crippen LogP contribution in [0, 0.1) is 5.41 Å². The van der Waals surface area contributed by atoms with Crippen LogP contribution in [0.25, 0.3) is 17.5 Å². The summed E-state index contributed by atoms with van der Waals surface area (Å²) in [6, 6.07) is 1.84. The summed E-state index contributed by atoms with van der Waals surface area (Å²) in [5.41, 5.74) is 0.544. The number of anilines is 1. The van der Waals surface area contributed by atoms with Gasteiger partial charge in [0.25, 0.3) is 6.43 Å². The Kier molecular flexibility index (Phi) is 8.98. The fraction of sp³-hybridized carbons (Fsp3) is 0.412. The van der Waals surface area contributed by atoms with Gasteiger partial charge in [-0.3, -0.25) is 10.1 Å². The molecule has 0 saturated carbocycles. The molecule has 1 saturated heterocycles. The van der Waals surface area contributed by atoms with Crippen molar-refractivity contribution in [1.82, 2.24) is 24.7 Å². The molecule has 1 aliphatic rings. The Morgan fingerprint density at radius 3 is 2.71 bits per heavy atom. The molecule has 0 atom stereocenters. The largest absolute Gasteiger partial charge is 0.378 e. The number of hydrogen-bond donors (Lipinski definition) is 3. The zero-order valence-corrected chi connectivity index (χ0v) is 16.5. The lowest BCUT2D eigenvalue weighted by atomic mass is 10.3. The molecule has 0 unspecified atom stereocenters. The molecule has 8 nitrogen and oxygen atoms in total.